The summed E-state index contributed by atoms with van der Waals surface area (Å²) in [6.45, 7) is 0.213. The lowest BCUT2D eigenvalue weighted by Gasteiger charge is -2.12. The summed E-state index contributed by atoms with van der Waals surface area (Å²) in [6, 6.07) is 5.91. The van der Waals surface area contributed by atoms with Gasteiger partial charge in [0.25, 0.3) is 0 Å². The Morgan fingerprint density at radius 3 is 2.76 bits per heavy atom. The Hall–Kier alpha value is -2.09. The van der Waals surface area contributed by atoms with Crippen LogP contribution in [0, 0.1) is 22.6 Å². The quantitative estimate of drug-likeness (QED) is 0.835. The van der Waals surface area contributed by atoms with Gasteiger partial charge in [0.2, 0.25) is 0 Å². The number of carboxylic acid groups (broad SMARTS) is 1. The lowest BCUT2D eigenvalue weighted by molar-refractivity contribution is -0.142. The summed E-state index contributed by atoms with van der Waals surface area (Å²) in [5, 5.41) is 20.3. The van der Waals surface area contributed by atoms with Gasteiger partial charge in [-0.05, 0) is 31.0 Å². The van der Waals surface area contributed by atoms with Crippen LogP contribution in [-0.2, 0) is 4.79 Å². The Morgan fingerprint density at radius 1 is 1.59 bits per heavy atom. The average molecular weight is 234 g/mol. The number of nitrogens with one attached hydrogen (secondary N) is 1. The van der Waals surface area contributed by atoms with Crippen molar-refractivity contribution in [1.29, 1.82) is 5.26 Å². The molecule has 0 aromatic heterocycles. The third-order valence-corrected chi connectivity index (χ3v) is 3.02. The molecule has 4 nitrogen and oxygen atoms in total. The molecule has 0 atom stereocenters. The molecule has 2 rings (SSSR count). The van der Waals surface area contributed by atoms with Crippen LogP contribution in [0.2, 0.25) is 0 Å². The molecule has 1 aliphatic carbocycles. The first-order chi connectivity index (χ1) is 8.07. The minimum absolute atomic E-state index is 0.213. The topological polar surface area (TPSA) is 73.1 Å². The second-order valence-corrected chi connectivity index (χ2v) is 4.25. The van der Waals surface area contributed by atoms with Crippen molar-refractivity contribution in [2.75, 3.05) is 11.9 Å². The van der Waals surface area contributed by atoms with Crippen molar-refractivity contribution in [2.24, 2.45) is 5.41 Å². The van der Waals surface area contributed by atoms with Crippen LogP contribution in [0.15, 0.2) is 18.2 Å². The van der Waals surface area contributed by atoms with E-state index in [0.29, 0.717) is 12.8 Å². The second-order valence-electron chi connectivity index (χ2n) is 4.25. The molecule has 0 aliphatic heterocycles. The first-order valence-corrected chi connectivity index (χ1v) is 5.24. The van der Waals surface area contributed by atoms with Gasteiger partial charge < -0.3 is 10.4 Å². The molecule has 1 aromatic rings. The highest BCUT2D eigenvalue weighted by atomic mass is 19.1. The zero-order chi connectivity index (χ0) is 12.5. The second kappa shape index (κ2) is 4.06. The summed E-state index contributed by atoms with van der Waals surface area (Å²) in [5.41, 5.74) is -0.260. The van der Waals surface area contributed by atoms with Crippen molar-refractivity contribution < 1.29 is 14.3 Å². The molecule has 1 fully saturated rings. The Balaban J connectivity index is 2.05. The minimum Gasteiger partial charge on any atom is -0.481 e. The number of carboxylic acids is 1. The Bertz CT molecular complexity index is 504. The van der Waals surface area contributed by atoms with E-state index in [9.17, 15) is 9.18 Å². The summed E-state index contributed by atoms with van der Waals surface area (Å²) in [6.07, 6.45) is 1.24. The molecule has 0 saturated heterocycles. The average Bonchev–Trinajstić information content (AvgIpc) is 3.08. The van der Waals surface area contributed by atoms with Crippen LogP contribution in [0.3, 0.4) is 0 Å². The maximum Gasteiger partial charge on any atom is 0.311 e. The van der Waals surface area contributed by atoms with E-state index in [2.05, 4.69) is 5.32 Å². The number of halogens is 1. The van der Waals surface area contributed by atoms with E-state index in [0.717, 1.165) is 6.07 Å². The largest absolute Gasteiger partial charge is 0.481 e. The molecule has 0 radical (unpaired) electrons. The van der Waals surface area contributed by atoms with E-state index in [1.165, 1.54) is 12.1 Å². The fourth-order valence-electron chi connectivity index (χ4n) is 1.61. The zero-order valence-corrected chi connectivity index (χ0v) is 9.03. The molecule has 88 valence electrons. The van der Waals surface area contributed by atoms with E-state index in [4.69, 9.17) is 10.4 Å². The lowest BCUT2D eigenvalue weighted by atomic mass is 10.1. The number of nitrogens with zero attached hydrogens (tertiary/aromatic N) is 1. The summed E-state index contributed by atoms with van der Waals surface area (Å²) in [7, 11) is 0. The van der Waals surface area contributed by atoms with E-state index < -0.39 is 17.2 Å². The van der Waals surface area contributed by atoms with E-state index in [-0.39, 0.29) is 17.8 Å². The zero-order valence-electron chi connectivity index (χ0n) is 9.03. The highest BCUT2D eigenvalue weighted by molar-refractivity contribution is 5.78. The summed E-state index contributed by atoms with van der Waals surface area (Å²) < 4.78 is 13.5. The van der Waals surface area contributed by atoms with Gasteiger partial charge in [-0.15, -0.1) is 0 Å². The number of rotatable bonds is 4. The van der Waals surface area contributed by atoms with Crippen LogP contribution in [0.25, 0.3) is 0 Å². The summed E-state index contributed by atoms with van der Waals surface area (Å²) in [5.74, 6) is -1.38. The smallest absolute Gasteiger partial charge is 0.311 e. The molecular formula is C12H11FN2O2. The SMILES string of the molecule is N#Cc1ccc(NCC2(C(=O)O)CC2)c(F)c1. The predicted octanol–water partition coefficient (Wildman–Crippen LogP) is 1.97. The minimum atomic E-state index is -0.848. The number of hydrogen-bond donors (Lipinski definition) is 2. The van der Waals surface area contributed by atoms with Gasteiger partial charge in [0.15, 0.2) is 0 Å². The van der Waals surface area contributed by atoms with Crippen LogP contribution >= 0.6 is 0 Å². The molecule has 0 spiro atoms. The number of aliphatic carboxylic acids is 1. The summed E-state index contributed by atoms with van der Waals surface area (Å²) >= 11 is 0. The fraction of sp³-hybridized carbons (Fsp3) is 0.333. The van der Waals surface area contributed by atoms with Crippen LogP contribution in [-0.4, -0.2) is 17.6 Å². The van der Waals surface area contributed by atoms with Crippen molar-refractivity contribution >= 4 is 11.7 Å². The highest BCUT2D eigenvalue weighted by Gasteiger charge is 2.50. The number of nitriles is 1. The van der Waals surface area contributed by atoms with Gasteiger partial charge >= 0.3 is 5.97 Å². The van der Waals surface area contributed by atoms with Crippen molar-refractivity contribution in [2.45, 2.75) is 12.8 Å². The molecule has 1 aromatic carbocycles. The summed E-state index contributed by atoms with van der Waals surface area (Å²) in [4.78, 5) is 10.9. The number of carbonyl (C=O) groups is 1. The lowest BCUT2D eigenvalue weighted by Crippen LogP contribution is -2.24. The molecule has 2 N–H and O–H groups in total. The molecule has 1 aliphatic rings. The highest BCUT2D eigenvalue weighted by Crippen LogP contribution is 2.45. The van der Waals surface area contributed by atoms with Crippen LogP contribution in [0.5, 0.6) is 0 Å². The molecule has 0 heterocycles. The fourth-order valence-corrected chi connectivity index (χ4v) is 1.61. The maximum atomic E-state index is 13.5. The third kappa shape index (κ3) is 2.21. The van der Waals surface area contributed by atoms with Gasteiger partial charge in [0.1, 0.15) is 5.82 Å². The normalized spacial score (nSPS) is 16.0. The number of hydrogen-bond acceptors (Lipinski definition) is 3. The van der Waals surface area contributed by atoms with Crippen molar-refractivity contribution in [3.63, 3.8) is 0 Å². The molecule has 0 bridgehead atoms. The molecular weight excluding hydrogens is 223 g/mol. The molecule has 0 amide bonds. The van der Waals surface area contributed by atoms with Gasteiger partial charge in [0, 0.05) is 6.54 Å². The predicted molar refractivity (Wildman–Crippen MR) is 58.9 cm³/mol. The van der Waals surface area contributed by atoms with Crippen LogP contribution in [0.4, 0.5) is 10.1 Å². The number of anilines is 1. The van der Waals surface area contributed by atoms with Gasteiger partial charge in [-0.2, -0.15) is 5.26 Å². The third-order valence-electron chi connectivity index (χ3n) is 3.02. The Kier molecular flexibility index (Phi) is 2.72. The Labute approximate surface area is 97.7 Å². The van der Waals surface area contributed by atoms with Crippen molar-refractivity contribution in [3.05, 3.63) is 29.6 Å². The van der Waals surface area contributed by atoms with Gasteiger partial charge in [-0.1, -0.05) is 0 Å². The molecule has 1 saturated carbocycles. The molecule has 17 heavy (non-hydrogen) atoms. The Morgan fingerprint density at radius 2 is 2.29 bits per heavy atom. The van der Waals surface area contributed by atoms with Crippen molar-refractivity contribution in [1.82, 2.24) is 0 Å². The first-order valence-electron chi connectivity index (χ1n) is 5.24. The van der Waals surface area contributed by atoms with Crippen LogP contribution < -0.4 is 5.32 Å². The first kappa shape index (κ1) is 11.4. The number of benzene rings is 1. The van der Waals surface area contributed by atoms with Crippen LogP contribution in [0.1, 0.15) is 18.4 Å². The van der Waals surface area contributed by atoms with Gasteiger partial charge in [-0.25, -0.2) is 4.39 Å². The van der Waals surface area contributed by atoms with E-state index in [1.807, 2.05) is 6.07 Å². The van der Waals surface area contributed by atoms with E-state index in [1.54, 1.807) is 0 Å². The van der Waals surface area contributed by atoms with Crippen molar-refractivity contribution in [3.8, 4) is 6.07 Å². The standard InChI is InChI=1S/C12H11FN2O2/c13-9-5-8(6-14)1-2-10(9)15-7-12(3-4-12)11(16)17/h1-2,5,15H,3-4,7H2,(H,16,17). The van der Waals surface area contributed by atoms with E-state index >= 15 is 0 Å². The maximum absolute atomic E-state index is 13.5. The molecule has 5 heteroatoms. The molecule has 0 unspecified atom stereocenters. The van der Waals surface area contributed by atoms with Gasteiger partial charge in [0.05, 0.1) is 22.7 Å². The van der Waals surface area contributed by atoms with Gasteiger partial charge in [-0.3, -0.25) is 4.79 Å². The monoisotopic (exact) mass is 234 g/mol.